The molecule has 2 aromatic carbocycles. The summed E-state index contributed by atoms with van der Waals surface area (Å²) in [6.45, 7) is 1.89. The zero-order valence-corrected chi connectivity index (χ0v) is 12.0. The van der Waals surface area contributed by atoms with E-state index in [-0.39, 0.29) is 10.6 Å². The number of nitrogens with one attached hydrogen (secondary N) is 1. The largest absolute Gasteiger partial charge is 0.381 e. The summed E-state index contributed by atoms with van der Waals surface area (Å²) >= 11 is 5.69. The van der Waals surface area contributed by atoms with Gasteiger partial charge in [0.05, 0.1) is 5.02 Å². The third-order valence-corrected chi connectivity index (χ3v) is 3.39. The number of nitrogens with two attached hydrogens (primary N) is 1. The number of halogens is 3. The second-order valence-electron chi connectivity index (χ2n) is 4.60. The van der Waals surface area contributed by atoms with Gasteiger partial charge in [0.25, 0.3) is 0 Å². The van der Waals surface area contributed by atoms with Crippen LogP contribution in [0.1, 0.15) is 21.5 Å². The van der Waals surface area contributed by atoms with Crippen molar-refractivity contribution in [3.8, 4) is 0 Å². The van der Waals surface area contributed by atoms with Gasteiger partial charge in [-0.1, -0.05) is 17.7 Å². The predicted octanol–water partition coefficient (Wildman–Crippen LogP) is 3.64. The van der Waals surface area contributed by atoms with Crippen molar-refractivity contribution in [2.75, 3.05) is 5.32 Å². The van der Waals surface area contributed by atoms with Gasteiger partial charge in [-0.05, 0) is 36.8 Å². The molecule has 2 rings (SSSR count). The molecule has 0 aliphatic heterocycles. The zero-order chi connectivity index (χ0) is 15.6. The lowest BCUT2D eigenvalue weighted by Gasteiger charge is -2.12. The van der Waals surface area contributed by atoms with Crippen molar-refractivity contribution >= 4 is 23.2 Å². The summed E-state index contributed by atoms with van der Waals surface area (Å²) in [6, 6.07) is 6.88. The molecule has 0 unspecified atom stereocenters. The number of hydrogen-bond acceptors (Lipinski definition) is 2. The monoisotopic (exact) mass is 310 g/mol. The first-order chi connectivity index (χ1) is 9.88. The Bertz CT molecular complexity index is 704. The van der Waals surface area contributed by atoms with Gasteiger partial charge in [0, 0.05) is 23.4 Å². The van der Waals surface area contributed by atoms with E-state index < -0.39 is 17.5 Å². The summed E-state index contributed by atoms with van der Waals surface area (Å²) in [4.78, 5) is 11.1. The topological polar surface area (TPSA) is 55.1 Å². The average molecular weight is 311 g/mol. The van der Waals surface area contributed by atoms with Gasteiger partial charge in [0.15, 0.2) is 0 Å². The van der Waals surface area contributed by atoms with Crippen molar-refractivity contribution in [2.24, 2.45) is 5.73 Å². The number of amides is 1. The van der Waals surface area contributed by atoms with Gasteiger partial charge in [-0.2, -0.15) is 0 Å². The highest BCUT2D eigenvalue weighted by Crippen LogP contribution is 2.22. The Morgan fingerprint density at radius 3 is 2.57 bits per heavy atom. The summed E-state index contributed by atoms with van der Waals surface area (Å²) in [5, 5.41) is 3.00. The van der Waals surface area contributed by atoms with Crippen LogP contribution in [0.3, 0.4) is 0 Å². The van der Waals surface area contributed by atoms with Gasteiger partial charge in [-0.15, -0.1) is 0 Å². The molecule has 0 bridgehead atoms. The van der Waals surface area contributed by atoms with Gasteiger partial charge in [0.2, 0.25) is 5.91 Å². The maximum atomic E-state index is 13.7. The maximum absolute atomic E-state index is 13.7. The summed E-state index contributed by atoms with van der Waals surface area (Å²) in [7, 11) is 0. The van der Waals surface area contributed by atoms with Crippen LogP contribution in [0.4, 0.5) is 14.5 Å². The molecule has 0 saturated heterocycles. The molecule has 0 heterocycles. The molecule has 0 radical (unpaired) electrons. The SMILES string of the molecule is Cc1c(F)cc(C(N)=O)cc1NCc1ccc(F)c(Cl)c1. The van der Waals surface area contributed by atoms with Gasteiger partial charge >= 0.3 is 0 Å². The number of rotatable bonds is 4. The Balaban J connectivity index is 2.23. The summed E-state index contributed by atoms with van der Waals surface area (Å²) in [5.74, 6) is -1.73. The van der Waals surface area contributed by atoms with E-state index in [1.54, 1.807) is 13.0 Å². The summed E-state index contributed by atoms with van der Waals surface area (Å²) in [5.41, 5.74) is 6.78. The number of primary amides is 1. The maximum Gasteiger partial charge on any atom is 0.248 e. The second kappa shape index (κ2) is 6.10. The molecular formula is C15H13ClF2N2O. The lowest BCUT2D eigenvalue weighted by Crippen LogP contribution is -2.13. The standard InChI is InChI=1S/C15H13ClF2N2O/c1-8-13(18)5-10(15(19)21)6-14(8)20-7-9-2-3-12(17)11(16)4-9/h2-6,20H,7H2,1H3,(H2,19,21). The Morgan fingerprint density at radius 2 is 1.95 bits per heavy atom. The van der Waals surface area contributed by atoms with E-state index in [4.69, 9.17) is 17.3 Å². The molecule has 0 aromatic heterocycles. The molecule has 6 heteroatoms. The van der Waals surface area contributed by atoms with Crippen LogP contribution in [-0.2, 0) is 6.54 Å². The number of carbonyl (C=O) groups excluding carboxylic acids is 1. The molecule has 0 atom stereocenters. The van der Waals surface area contributed by atoms with Crippen molar-refractivity contribution in [3.05, 3.63) is 63.7 Å². The third-order valence-electron chi connectivity index (χ3n) is 3.10. The van der Waals surface area contributed by atoms with E-state index in [0.29, 0.717) is 17.8 Å². The van der Waals surface area contributed by atoms with Gasteiger partial charge in [-0.25, -0.2) is 8.78 Å². The van der Waals surface area contributed by atoms with Crippen LogP contribution in [0.2, 0.25) is 5.02 Å². The van der Waals surface area contributed by atoms with Gasteiger partial charge in [-0.3, -0.25) is 4.79 Å². The lowest BCUT2D eigenvalue weighted by molar-refractivity contribution is 0.1000. The normalized spacial score (nSPS) is 10.5. The summed E-state index contributed by atoms with van der Waals surface area (Å²) in [6.07, 6.45) is 0. The first-order valence-corrected chi connectivity index (χ1v) is 6.54. The molecular weight excluding hydrogens is 298 g/mol. The average Bonchev–Trinajstić information content (AvgIpc) is 2.43. The molecule has 0 spiro atoms. The molecule has 3 N–H and O–H groups in total. The van der Waals surface area contributed by atoms with Crippen LogP contribution in [0.15, 0.2) is 30.3 Å². The fourth-order valence-corrected chi connectivity index (χ4v) is 2.05. The molecule has 3 nitrogen and oxygen atoms in total. The smallest absolute Gasteiger partial charge is 0.248 e. The molecule has 0 aliphatic rings. The quantitative estimate of drug-likeness (QED) is 0.906. The number of benzene rings is 2. The Kier molecular flexibility index (Phi) is 4.43. The molecule has 0 saturated carbocycles. The van der Waals surface area contributed by atoms with Crippen LogP contribution in [0, 0.1) is 18.6 Å². The minimum atomic E-state index is -0.707. The van der Waals surface area contributed by atoms with Crippen LogP contribution < -0.4 is 11.1 Å². The van der Waals surface area contributed by atoms with Crippen LogP contribution in [0.5, 0.6) is 0 Å². The molecule has 0 aliphatic carbocycles. The fourth-order valence-electron chi connectivity index (χ4n) is 1.85. The highest BCUT2D eigenvalue weighted by atomic mass is 35.5. The number of carbonyl (C=O) groups is 1. The predicted molar refractivity (Wildman–Crippen MR) is 78.4 cm³/mol. The van der Waals surface area contributed by atoms with E-state index in [2.05, 4.69) is 5.32 Å². The van der Waals surface area contributed by atoms with Crippen LogP contribution in [0.25, 0.3) is 0 Å². The van der Waals surface area contributed by atoms with Crippen LogP contribution in [-0.4, -0.2) is 5.91 Å². The highest BCUT2D eigenvalue weighted by molar-refractivity contribution is 6.30. The van der Waals surface area contributed by atoms with Gasteiger partial charge in [0.1, 0.15) is 11.6 Å². The zero-order valence-electron chi connectivity index (χ0n) is 11.2. The molecule has 0 fully saturated rings. The summed E-state index contributed by atoms with van der Waals surface area (Å²) < 4.78 is 26.8. The van der Waals surface area contributed by atoms with E-state index in [1.165, 1.54) is 18.2 Å². The van der Waals surface area contributed by atoms with Crippen molar-refractivity contribution in [2.45, 2.75) is 13.5 Å². The first-order valence-electron chi connectivity index (χ1n) is 6.16. The van der Waals surface area contributed by atoms with Gasteiger partial charge < -0.3 is 11.1 Å². The van der Waals surface area contributed by atoms with E-state index in [0.717, 1.165) is 11.6 Å². The van der Waals surface area contributed by atoms with E-state index >= 15 is 0 Å². The van der Waals surface area contributed by atoms with Crippen molar-refractivity contribution in [3.63, 3.8) is 0 Å². The molecule has 1 amide bonds. The number of hydrogen-bond donors (Lipinski definition) is 2. The Morgan fingerprint density at radius 1 is 1.24 bits per heavy atom. The molecule has 2 aromatic rings. The van der Waals surface area contributed by atoms with Crippen molar-refractivity contribution in [1.29, 1.82) is 0 Å². The minimum Gasteiger partial charge on any atom is -0.381 e. The first kappa shape index (κ1) is 15.3. The highest BCUT2D eigenvalue weighted by Gasteiger charge is 2.10. The van der Waals surface area contributed by atoms with E-state index in [9.17, 15) is 13.6 Å². The Hall–Kier alpha value is -2.14. The molecule has 21 heavy (non-hydrogen) atoms. The van der Waals surface area contributed by atoms with E-state index in [1.807, 2.05) is 0 Å². The fraction of sp³-hybridized carbons (Fsp3) is 0.133. The lowest BCUT2D eigenvalue weighted by atomic mass is 10.1. The van der Waals surface area contributed by atoms with Crippen LogP contribution >= 0.6 is 11.6 Å². The minimum absolute atomic E-state index is 0.0167. The Labute approximate surface area is 125 Å². The molecule has 110 valence electrons. The third kappa shape index (κ3) is 3.49. The van der Waals surface area contributed by atoms with Crippen molar-refractivity contribution in [1.82, 2.24) is 0 Å². The second-order valence-corrected chi connectivity index (χ2v) is 5.00. The number of anilines is 1. The van der Waals surface area contributed by atoms with Crippen molar-refractivity contribution < 1.29 is 13.6 Å².